The topological polar surface area (TPSA) is 170 Å². The molecule has 1 unspecified atom stereocenters. The molecule has 13 heteroatoms. The molecule has 2 rings (SSSR count). The number of aliphatic hydroxyl groups excluding tert-OH is 2. The van der Waals surface area contributed by atoms with Gasteiger partial charge in [-0.3, -0.25) is 23.4 Å². The molecule has 0 amide bonds. The van der Waals surface area contributed by atoms with Gasteiger partial charge in [0.05, 0.1) is 13.2 Å². The molecule has 0 aliphatic carbocycles. The molecule has 2 heterocycles. The molecule has 41 heavy (non-hydrogen) atoms. The number of phosphoric acid groups is 1. The lowest BCUT2D eigenvalue weighted by Gasteiger charge is -2.17. The Balaban J connectivity index is 1.44. The van der Waals surface area contributed by atoms with Gasteiger partial charge in [-0.15, -0.1) is 0 Å². The van der Waals surface area contributed by atoms with Crippen LogP contribution in [0.2, 0.25) is 0 Å². The largest absolute Gasteiger partial charge is 0.472 e. The third-order valence-corrected chi connectivity index (χ3v) is 8.18. The Kier molecular flexibility index (Phi) is 17.9. The van der Waals surface area contributed by atoms with E-state index in [2.05, 4.69) is 6.92 Å². The number of nitrogens with zero attached hydrogens (tertiary/aromatic N) is 1. The van der Waals surface area contributed by atoms with Gasteiger partial charge in [0.25, 0.3) is 5.56 Å². The molecule has 238 valence electrons. The average Bonchev–Trinajstić information content (AvgIpc) is 3.22. The Labute approximate surface area is 243 Å². The van der Waals surface area contributed by atoms with Gasteiger partial charge >= 0.3 is 13.5 Å². The van der Waals surface area contributed by atoms with E-state index in [1.807, 2.05) is 4.98 Å². The molecule has 0 radical (unpaired) electrons. The van der Waals surface area contributed by atoms with Crippen molar-refractivity contribution in [3.63, 3.8) is 0 Å². The molecule has 12 nitrogen and oxygen atoms in total. The molecule has 1 fully saturated rings. The predicted molar refractivity (Wildman–Crippen MR) is 155 cm³/mol. The highest BCUT2D eigenvalue weighted by molar-refractivity contribution is 7.47. The van der Waals surface area contributed by atoms with Crippen LogP contribution in [0.1, 0.15) is 109 Å². The highest BCUT2D eigenvalue weighted by Gasteiger charge is 2.45. The second kappa shape index (κ2) is 20.5. The maximum atomic E-state index is 12.2. The summed E-state index contributed by atoms with van der Waals surface area (Å²) in [4.78, 5) is 35.1. The van der Waals surface area contributed by atoms with Crippen LogP contribution in [0.15, 0.2) is 21.9 Å². The number of hydrogen-bond acceptors (Lipinski definition) is 9. The lowest BCUT2D eigenvalue weighted by molar-refractivity contribution is -0.0553. The summed E-state index contributed by atoms with van der Waals surface area (Å²) < 4.78 is 33.9. The number of aromatic nitrogens is 2. The van der Waals surface area contributed by atoms with E-state index < -0.39 is 50.2 Å². The van der Waals surface area contributed by atoms with Crippen molar-refractivity contribution in [3.8, 4) is 0 Å². The van der Waals surface area contributed by atoms with Crippen LogP contribution in [0.5, 0.6) is 0 Å². The molecule has 1 aliphatic rings. The lowest BCUT2D eigenvalue weighted by Crippen LogP contribution is -2.37. The number of aromatic amines is 1. The Hall–Kier alpha value is -1.37. The Morgan fingerprint density at radius 2 is 1.39 bits per heavy atom. The van der Waals surface area contributed by atoms with Crippen LogP contribution in [-0.2, 0) is 23.1 Å². The van der Waals surface area contributed by atoms with Crippen molar-refractivity contribution in [1.29, 1.82) is 0 Å². The summed E-state index contributed by atoms with van der Waals surface area (Å²) in [6.07, 6.45) is 14.2. The normalized spacial score (nSPS) is 22.2. The van der Waals surface area contributed by atoms with Crippen LogP contribution in [0.3, 0.4) is 0 Å². The smallest absolute Gasteiger partial charge is 0.387 e. The van der Waals surface area contributed by atoms with Gasteiger partial charge in [-0.05, 0) is 12.8 Å². The number of nitrogens with one attached hydrogen (secondary N) is 1. The molecule has 4 N–H and O–H groups in total. The zero-order valence-electron chi connectivity index (χ0n) is 24.5. The standard InChI is InChI=1S/C28H51N2O10P/c1-2-3-4-5-6-7-8-9-10-11-12-13-14-15-19-37-20-16-21-38-41(35,36)39-22-23-25(32)26(33)27(40-23)30-18-17-24(31)29-28(30)34/h17-18,23,25-27,32-33H,2-16,19-22H2,1H3,(H,35,36)(H,29,31,34)/t23-,25-,26-,27-/m1/s1. The zero-order chi connectivity index (χ0) is 29.9. The van der Waals surface area contributed by atoms with E-state index in [0.717, 1.165) is 29.7 Å². The zero-order valence-corrected chi connectivity index (χ0v) is 25.4. The van der Waals surface area contributed by atoms with E-state index in [4.69, 9.17) is 18.5 Å². The monoisotopic (exact) mass is 606 g/mol. The number of rotatable bonds is 24. The van der Waals surface area contributed by atoms with E-state index >= 15 is 0 Å². The van der Waals surface area contributed by atoms with Crippen LogP contribution < -0.4 is 11.2 Å². The van der Waals surface area contributed by atoms with Crippen molar-refractivity contribution in [2.75, 3.05) is 26.4 Å². The van der Waals surface area contributed by atoms with Crippen molar-refractivity contribution in [3.05, 3.63) is 33.1 Å². The minimum Gasteiger partial charge on any atom is -0.387 e. The summed E-state index contributed by atoms with van der Waals surface area (Å²) in [5.41, 5.74) is -1.46. The van der Waals surface area contributed by atoms with Gasteiger partial charge in [0, 0.05) is 25.5 Å². The van der Waals surface area contributed by atoms with E-state index in [9.17, 15) is 29.3 Å². The Morgan fingerprint density at radius 1 is 0.829 bits per heavy atom. The van der Waals surface area contributed by atoms with Gasteiger partial charge in [0.2, 0.25) is 0 Å². The first-order chi connectivity index (χ1) is 19.7. The van der Waals surface area contributed by atoms with Crippen LogP contribution in [0.25, 0.3) is 0 Å². The molecule has 0 saturated carbocycles. The van der Waals surface area contributed by atoms with Crippen molar-refractivity contribution in [2.24, 2.45) is 0 Å². The van der Waals surface area contributed by atoms with E-state index in [-0.39, 0.29) is 6.61 Å². The number of aliphatic hydroxyl groups is 2. The number of unbranched alkanes of at least 4 members (excludes halogenated alkanes) is 13. The minimum atomic E-state index is -4.44. The average molecular weight is 607 g/mol. The first kappa shape index (κ1) is 35.8. The second-order valence-corrected chi connectivity index (χ2v) is 12.2. The first-order valence-corrected chi connectivity index (χ1v) is 16.8. The summed E-state index contributed by atoms with van der Waals surface area (Å²) in [5.74, 6) is 0. The van der Waals surface area contributed by atoms with Gasteiger partial charge in [-0.25, -0.2) is 9.36 Å². The third-order valence-electron chi connectivity index (χ3n) is 7.19. The van der Waals surface area contributed by atoms with Crippen LogP contribution >= 0.6 is 7.82 Å². The lowest BCUT2D eigenvalue weighted by atomic mass is 10.0. The number of phosphoric ester groups is 1. The first-order valence-electron chi connectivity index (χ1n) is 15.3. The predicted octanol–water partition coefficient (Wildman–Crippen LogP) is 4.18. The molecule has 1 aromatic heterocycles. The molecular formula is C28H51N2O10P. The highest BCUT2D eigenvalue weighted by atomic mass is 31.2. The summed E-state index contributed by atoms with van der Waals surface area (Å²) in [6.45, 7) is 2.67. The quantitative estimate of drug-likeness (QED) is 0.0989. The third kappa shape index (κ3) is 14.6. The second-order valence-electron chi connectivity index (χ2n) is 10.7. The number of ether oxygens (including phenoxy) is 2. The van der Waals surface area contributed by atoms with Gasteiger partial charge < -0.3 is 24.6 Å². The van der Waals surface area contributed by atoms with Gasteiger partial charge in [-0.2, -0.15) is 0 Å². The van der Waals surface area contributed by atoms with Crippen molar-refractivity contribution >= 4 is 7.82 Å². The highest BCUT2D eigenvalue weighted by Crippen LogP contribution is 2.44. The molecule has 0 aromatic carbocycles. The molecule has 1 aromatic rings. The summed E-state index contributed by atoms with van der Waals surface area (Å²) >= 11 is 0. The molecule has 1 aliphatic heterocycles. The van der Waals surface area contributed by atoms with Crippen LogP contribution in [0, 0.1) is 0 Å². The van der Waals surface area contributed by atoms with Crippen LogP contribution in [-0.4, -0.2) is 69.4 Å². The van der Waals surface area contributed by atoms with Crippen LogP contribution in [0.4, 0.5) is 0 Å². The van der Waals surface area contributed by atoms with Crippen molar-refractivity contribution < 1.29 is 38.2 Å². The molecular weight excluding hydrogens is 555 g/mol. The fraction of sp³-hybridized carbons (Fsp3) is 0.857. The van der Waals surface area contributed by atoms with Gasteiger partial charge in [0.15, 0.2) is 6.23 Å². The molecule has 5 atom stereocenters. The summed E-state index contributed by atoms with van der Waals surface area (Å²) in [7, 11) is -4.44. The Bertz CT molecular complexity index is 987. The Morgan fingerprint density at radius 3 is 1.98 bits per heavy atom. The van der Waals surface area contributed by atoms with E-state index in [1.165, 1.54) is 77.0 Å². The van der Waals surface area contributed by atoms with Crippen molar-refractivity contribution in [2.45, 2.75) is 128 Å². The SMILES string of the molecule is CCCCCCCCCCCCCCCCOCCCOP(=O)(O)OC[C@H]1O[C@@H](n2ccc(=O)[nH]c2=O)[C@H](O)[C@@H]1O. The fourth-order valence-electron chi connectivity index (χ4n) is 4.77. The maximum absolute atomic E-state index is 12.2. The van der Waals surface area contributed by atoms with E-state index in [1.54, 1.807) is 0 Å². The van der Waals surface area contributed by atoms with Gasteiger partial charge in [-0.1, -0.05) is 90.4 Å². The van der Waals surface area contributed by atoms with E-state index in [0.29, 0.717) is 19.6 Å². The number of hydrogen-bond donors (Lipinski definition) is 4. The molecule has 0 spiro atoms. The van der Waals surface area contributed by atoms with Gasteiger partial charge in [0.1, 0.15) is 18.3 Å². The molecule has 0 bridgehead atoms. The maximum Gasteiger partial charge on any atom is 0.472 e. The summed E-state index contributed by atoms with van der Waals surface area (Å²) in [5, 5.41) is 20.4. The summed E-state index contributed by atoms with van der Waals surface area (Å²) in [6, 6.07) is 1.06. The van der Waals surface area contributed by atoms with Crippen molar-refractivity contribution in [1.82, 2.24) is 9.55 Å². The number of H-pyrrole nitrogens is 1. The fourth-order valence-corrected chi connectivity index (χ4v) is 5.54. The molecule has 1 saturated heterocycles. The minimum absolute atomic E-state index is 0.0569.